The third-order valence-electron chi connectivity index (χ3n) is 3.43. The first-order valence-corrected chi connectivity index (χ1v) is 7.22. The highest BCUT2D eigenvalue weighted by Crippen LogP contribution is 2.27. The smallest absolute Gasteiger partial charge is 0.229 e. The molecule has 2 aliphatic rings. The van der Waals surface area contributed by atoms with E-state index < -0.39 is 0 Å². The van der Waals surface area contributed by atoms with Crippen molar-refractivity contribution in [3.63, 3.8) is 0 Å². The van der Waals surface area contributed by atoms with E-state index >= 15 is 0 Å². The maximum atomic E-state index is 12.1. The van der Waals surface area contributed by atoms with Crippen LogP contribution in [0.15, 0.2) is 18.3 Å². The zero-order valence-corrected chi connectivity index (χ0v) is 10.9. The van der Waals surface area contributed by atoms with E-state index in [-0.39, 0.29) is 5.92 Å². The Morgan fingerprint density at radius 1 is 1.44 bits per heavy atom. The number of pyridine rings is 1. The van der Waals surface area contributed by atoms with Gasteiger partial charge in [0.1, 0.15) is 5.82 Å². The van der Waals surface area contributed by atoms with E-state index in [0.717, 1.165) is 37.0 Å². The molecule has 0 saturated carbocycles. The van der Waals surface area contributed by atoms with E-state index in [1.807, 2.05) is 22.7 Å². The van der Waals surface area contributed by atoms with Crippen molar-refractivity contribution in [2.45, 2.75) is 0 Å². The van der Waals surface area contributed by atoms with Crippen LogP contribution in [-0.2, 0) is 4.79 Å². The standard InChI is InChI=1S/C12H16N4OS/c13-11-2-1-10(5-14-11)16-6-9(7-16)12(17)15-3-4-18-8-15/h1-2,5,9H,3-4,6-8H2,(H2,13,14). The number of carbonyl (C=O) groups is 1. The second-order valence-electron chi connectivity index (χ2n) is 4.68. The summed E-state index contributed by atoms with van der Waals surface area (Å²) in [6.07, 6.45) is 1.77. The van der Waals surface area contributed by atoms with Gasteiger partial charge in [0.05, 0.1) is 23.7 Å². The Kier molecular flexibility index (Phi) is 3.03. The molecule has 1 amide bonds. The van der Waals surface area contributed by atoms with Crippen molar-refractivity contribution >= 4 is 29.2 Å². The number of rotatable bonds is 2. The fraction of sp³-hybridized carbons (Fsp3) is 0.500. The molecular formula is C12H16N4OS. The van der Waals surface area contributed by atoms with Crippen LogP contribution in [0.1, 0.15) is 0 Å². The molecule has 3 heterocycles. The number of hydrogen-bond acceptors (Lipinski definition) is 5. The number of nitrogens with zero attached hydrogens (tertiary/aromatic N) is 3. The highest BCUT2D eigenvalue weighted by atomic mass is 32.2. The molecule has 2 saturated heterocycles. The average molecular weight is 264 g/mol. The van der Waals surface area contributed by atoms with Gasteiger partial charge in [-0.1, -0.05) is 0 Å². The summed E-state index contributed by atoms with van der Waals surface area (Å²) in [4.78, 5) is 20.3. The number of thioether (sulfide) groups is 1. The zero-order valence-electron chi connectivity index (χ0n) is 10.1. The van der Waals surface area contributed by atoms with E-state index in [1.54, 1.807) is 12.3 Å². The summed E-state index contributed by atoms with van der Waals surface area (Å²) >= 11 is 1.83. The molecule has 6 heteroatoms. The van der Waals surface area contributed by atoms with E-state index in [9.17, 15) is 4.79 Å². The molecule has 0 aromatic carbocycles. The molecule has 1 aromatic rings. The van der Waals surface area contributed by atoms with Crippen molar-refractivity contribution in [1.82, 2.24) is 9.88 Å². The Balaban J connectivity index is 1.56. The molecule has 2 fully saturated rings. The predicted molar refractivity (Wildman–Crippen MR) is 73.4 cm³/mol. The van der Waals surface area contributed by atoms with Gasteiger partial charge in [-0.25, -0.2) is 4.98 Å². The van der Waals surface area contributed by atoms with Crippen LogP contribution in [0.2, 0.25) is 0 Å². The molecule has 0 bridgehead atoms. The van der Waals surface area contributed by atoms with Crippen LogP contribution in [0.3, 0.4) is 0 Å². The second kappa shape index (κ2) is 4.68. The summed E-state index contributed by atoms with van der Waals surface area (Å²) in [7, 11) is 0. The van der Waals surface area contributed by atoms with Crippen molar-refractivity contribution in [2.75, 3.05) is 41.9 Å². The van der Waals surface area contributed by atoms with Gasteiger partial charge in [-0.3, -0.25) is 4.79 Å². The lowest BCUT2D eigenvalue weighted by atomic mass is 9.98. The number of carbonyl (C=O) groups excluding carboxylic acids is 1. The highest BCUT2D eigenvalue weighted by Gasteiger charge is 2.36. The van der Waals surface area contributed by atoms with Gasteiger partial charge < -0.3 is 15.5 Å². The van der Waals surface area contributed by atoms with Crippen molar-refractivity contribution in [3.8, 4) is 0 Å². The topological polar surface area (TPSA) is 62.5 Å². The van der Waals surface area contributed by atoms with Gasteiger partial charge in [-0.05, 0) is 12.1 Å². The van der Waals surface area contributed by atoms with E-state index in [0.29, 0.717) is 11.7 Å². The summed E-state index contributed by atoms with van der Waals surface area (Å²) in [5.41, 5.74) is 6.60. The van der Waals surface area contributed by atoms with Gasteiger partial charge in [0.15, 0.2) is 0 Å². The van der Waals surface area contributed by atoms with Gasteiger partial charge in [-0.2, -0.15) is 0 Å². The van der Waals surface area contributed by atoms with Crippen LogP contribution in [0.4, 0.5) is 11.5 Å². The Labute approximate surface area is 110 Å². The van der Waals surface area contributed by atoms with Gasteiger partial charge in [0.25, 0.3) is 0 Å². The monoisotopic (exact) mass is 264 g/mol. The molecular weight excluding hydrogens is 248 g/mol. The van der Waals surface area contributed by atoms with Crippen LogP contribution in [0, 0.1) is 5.92 Å². The lowest BCUT2D eigenvalue weighted by Gasteiger charge is -2.41. The first-order chi connectivity index (χ1) is 8.74. The maximum Gasteiger partial charge on any atom is 0.229 e. The number of hydrogen-bond donors (Lipinski definition) is 1. The third kappa shape index (κ3) is 2.12. The van der Waals surface area contributed by atoms with Crippen molar-refractivity contribution in [2.24, 2.45) is 5.92 Å². The molecule has 2 N–H and O–H groups in total. The summed E-state index contributed by atoms with van der Waals surface area (Å²) < 4.78 is 0. The molecule has 0 atom stereocenters. The number of amides is 1. The van der Waals surface area contributed by atoms with Crippen LogP contribution < -0.4 is 10.6 Å². The number of nitrogen functional groups attached to an aromatic ring is 1. The third-order valence-corrected chi connectivity index (χ3v) is 4.40. The fourth-order valence-electron chi connectivity index (χ4n) is 2.28. The van der Waals surface area contributed by atoms with Crippen LogP contribution in [-0.4, -0.2) is 47.1 Å². The van der Waals surface area contributed by atoms with Crippen molar-refractivity contribution < 1.29 is 4.79 Å². The molecule has 0 radical (unpaired) electrons. The largest absolute Gasteiger partial charge is 0.384 e. The normalized spacial score (nSPS) is 20.0. The summed E-state index contributed by atoms with van der Waals surface area (Å²) in [5.74, 6) is 2.92. The summed E-state index contributed by atoms with van der Waals surface area (Å²) in [6, 6.07) is 3.75. The minimum atomic E-state index is 0.154. The Bertz CT molecular complexity index is 438. The number of aromatic nitrogens is 1. The van der Waals surface area contributed by atoms with Crippen LogP contribution in [0.25, 0.3) is 0 Å². The number of anilines is 2. The van der Waals surface area contributed by atoms with Gasteiger partial charge in [-0.15, -0.1) is 11.8 Å². The first-order valence-electron chi connectivity index (χ1n) is 6.07. The van der Waals surface area contributed by atoms with Gasteiger partial charge in [0.2, 0.25) is 5.91 Å². The maximum absolute atomic E-state index is 12.1. The molecule has 18 heavy (non-hydrogen) atoms. The Morgan fingerprint density at radius 3 is 2.89 bits per heavy atom. The Morgan fingerprint density at radius 2 is 2.28 bits per heavy atom. The minimum absolute atomic E-state index is 0.154. The molecule has 0 unspecified atom stereocenters. The molecule has 5 nitrogen and oxygen atoms in total. The highest BCUT2D eigenvalue weighted by molar-refractivity contribution is 7.99. The minimum Gasteiger partial charge on any atom is -0.384 e. The fourth-order valence-corrected chi connectivity index (χ4v) is 3.23. The number of nitrogens with two attached hydrogens (primary N) is 1. The lowest BCUT2D eigenvalue weighted by Crippen LogP contribution is -2.54. The molecule has 1 aromatic heterocycles. The van der Waals surface area contributed by atoms with Crippen LogP contribution in [0.5, 0.6) is 0 Å². The summed E-state index contributed by atoms with van der Waals surface area (Å²) in [6.45, 7) is 2.50. The molecule has 96 valence electrons. The Hall–Kier alpha value is -1.43. The summed E-state index contributed by atoms with van der Waals surface area (Å²) in [5, 5.41) is 0. The van der Waals surface area contributed by atoms with E-state index in [4.69, 9.17) is 5.73 Å². The average Bonchev–Trinajstić information content (AvgIpc) is 2.83. The molecule has 0 spiro atoms. The van der Waals surface area contributed by atoms with Crippen molar-refractivity contribution in [3.05, 3.63) is 18.3 Å². The first kappa shape index (κ1) is 11.6. The van der Waals surface area contributed by atoms with Gasteiger partial charge >= 0.3 is 0 Å². The molecule has 0 aliphatic carbocycles. The van der Waals surface area contributed by atoms with Gasteiger partial charge in [0, 0.05) is 25.4 Å². The van der Waals surface area contributed by atoms with E-state index in [2.05, 4.69) is 9.88 Å². The molecule has 2 aliphatic heterocycles. The zero-order chi connectivity index (χ0) is 12.5. The van der Waals surface area contributed by atoms with E-state index in [1.165, 1.54) is 0 Å². The molecule has 3 rings (SSSR count). The quantitative estimate of drug-likeness (QED) is 0.849. The second-order valence-corrected chi connectivity index (χ2v) is 5.76. The van der Waals surface area contributed by atoms with Crippen LogP contribution >= 0.6 is 11.8 Å². The SMILES string of the molecule is Nc1ccc(N2CC(C(=O)N3CCSC3)C2)cn1. The predicted octanol–water partition coefficient (Wildman–Crippen LogP) is 0.633. The van der Waals surface area contributed by atoms with Crippen molar-refractivity contribution in [1.29, 1.82) is 0 Å². The lowest BCUT2D eigenvalue weighted by molar-refractivity contribution is -0.134.